The molecule has 0 saturated heterocycles. The van der Waals surface area contributed by atoms with Gasteiger partial charge in [0, 0.05) is 12.4 Å². The SMILES string of the molecule is N#CC(C(=O)Nc1ccccc1F)c1nccn1C(F)F. The summed E-state index contributed by atoms with van der Waals surface area (Å²) in [6, 6.07) is 6.92. The first-order valence-electron chi connectivity index (χ1n) is 5.80. The van der Waals surface area contributed by atoms with Crippen LogP contribution in [0.4, 0.5) is 18.9 Å². The van der Waals surface area contributed by atoms with Gasteiger partial charge in [-0.1, -0.05) is 12.1 Å². The summed E-state index contributed by atoms with van der Waals surface area (Å²) in [7, 11) is 0. The van der Waals surface area contributed by atoms with Crippen molar-refractivity contribution in [3.8, 4) is 6.07 Å². The lowest BCUT2D eigenvalue weighted by Gasteiger charge is -2.12. The summed E-state index contributed by atoms with van der Waals surface area (Å²) in [6.45, 7) is -2.93. The molecule has 1 amide bonds. The first kappa shape index (κ1) is 14.6. The number of nitrogens with one attached hydrogen (secondary N) is 1. The quantitative estimate of drug-likeness (QED) is 0.942. The molecule has 0 fully saturated rings. The Bertz CT molecular complexity index is 693. The number of rotatable bonds is 4. The molecular formula is C13H9F3N4O. The minimum Gasteiger partial charge on any atom is -0.322 e. The second-order valence-corrected chi connectivity index (χ2v) is 4.00. The Morgan fingerprint density at radius 1 is 1.38 bits per heavy atom. The highest BCUT2D eigenvalue weighted by atomic mass is 19.3. The molecule has 1 heterocycles. The van der Waals surface area contributed by atoms with E-state index in [9.17, 15) is 18.0 Å². The highest BCUT2D eigenvalue weighted by molar-refractivity contribution is 5.97. The van der Waals surface area contributed by atoms with Gasteiger partial charge in [-0.05, 0) is 12.1 Å². The Morgan fingerprint density at radius 2 is 2.10 bits per heavy atom. The van der Waals surface area contributed by atoms with Gasteiger partial charge >= 0.3 is 6.55 Å². The second-order valence-electron chi connectivity index (χ2n) is 4.00. The van der Waals surface area contributed by atoms with Crippen LogP contribution in [0.3, 0.4) is 0 Å². The van der Waals surface area contributed by atoms with Crippen molar-refractivity contribution in [2.45, 2.75) is 12.5 Å². The molecule has 0 saturated carbocycles. The number of halogens is 3. The monoisotopic (exact) mass is 294 g/mol. The topological polar surface area (TPSA) is 70.7 Å². The van der Waals surface area contributed by atoms with Gasteiger partial charge in [0.2, 0.25) is 5.91 Å². The van der Waals surface area contributed by atoms with Crippen molar-refractivity contribution in [3.05, 3.63) is 48.3 Å². The third-order valence-electron chi connectivity index (χ3n) is 2.69. The molecule has 2 rings (SSSR count). The van der Waals surface area contributed by atoms with Gasteiger partial charge in [0.1, 0.15) is 11.6 Å². The largest absolute Gasteiger partial charge is 0.322 e. The molecule has 1 unspecified atom stereocenters. The second kappa shape index (κ2) is 6.09. The number of carbonyl (C=O) groups is 1. The van der Waals surface area contributed by atoms with Crippen molar-refractivity contribution in [1.82, 2.24) is 9.55 Å². The molecule has 1 N–H and O–H groups in total. The number of nitriles is 1. The van der Waals surface area contributed by atoms with Crippen molar-refractivity contribution < 1.29 is 18.0 Å². The molecule has 1 atom stereocenters. The van der Waals surface area contributed by atoms with E-state index >= 15 is 0 Å². The number of carbonyl (C=O) groups excluding carboxylic acids is 1. The lowest BCUT2D eigenvalue weighted by molar-refractivity contribution is -0.116. The summed E-state index contributed by atoms with van der Waals surface area (Å²) in [5.41, 5.74) is -0.141. The summed E-state index contributed by atoms with van der Waals surface area (Å²) < 4.78 is 39.3. The Hall–Kier alpha value is -2.82. The van der Waals surface area contributed by atoms with Crippen LogP contribution in [-0.2, 0) is 4.79 Å². The Morgan fingerprint density at radius 3 is 2.71 bits per heavy atom. The van der Waals surface area contributed by atoms with E-state index in [-0.39, 0.29) is 5.69 Å². The normalized spacial score (nSPS) is 12.0. The minimum atomic E-state index is -2.93. The summed E-state index contributed by atoms with van der Waals surface area (Å²) >= 11 is 0. The molecule has 21 heavy (non-hydrogen) atoms. The lowest BCUT2D eigenvalue weighted by Crippen LogP contribution is -2.23. The van der Waals surface area contributed by atoms with Gasteiger partial charge in [-0.3, -0.25) is 9.36 Å². The molecule has 108 valence electrons. The number of para-hydroxylation sites is 1. The Kier molecular flexibility index (Phi) is 4.23. The molecule has 0 aliphatic carbocycles. The number of anilines is 1. The zero-order valence-electron chi connectivity index (χ0n) is 10.5. The predicted octanol–water partition coefficient (Wildman–Crippen LogP) is 2.66. The van der Waals surface area contributed by atoms with Crippen LogP contribution in [0.15, 0.2) is 36.7 Å². The fourth-order valence-corrected chi connectivity index (χ4v) is 1.71. The standard InChI is InChI=1S/C13H9F3N4O/c14-9-3-1-2-4-10(9)19-12(21)8(7-17)11-18-5-6-20(11)13(15)16/h1-6,8,13H,(H,19,21). The van der Waals surface area contributed by atoms with Gasteiger partial charge in [0.25, 0.3) is 0 Å². The molecule has 0 aliphatic rings. The highest BCUT2D eigenvalue weighted by Crippen LogP contribution is 2.22. The smallest absolute Gasteiger partial charge is 0.319 e. The third-order valence-corrected chi connectivity index (χ3v) is 2.69. The molecule has 0 bridgehead atoms. The van der Waals surface area contributed by atoms with E-state index < -0.39 is 30.0 Å². The number of amides is 1. The Labute approximate surface area is 117 Å². The van der Waals surface area contributed by atoms with Crippen LogP contribution in [-0.4, -0.2) is 15.5 Å². The molecule has 1 aromatic heterocycles. The average Bonchev–Trinajstić information content (AvgIpc) is 2.91. The van der Waals surface area contributed by atoms with Crippen LogP contribution in [0.1, 0.15) is 18.3 Å². The summed E-state index contributed by atoms with van der Waals surface area (Å²) in [6.07, 6.45) is 2.02. The van der Waals surface area contributed by atoms with E-state index in [0.29, 0.717) is 4.57 Å². The zero-order valence-corrected chi connectivity index (χ0v) is 10.5. The van der Waals surface area contributed by atoms with Crippen molar-refractivity contribution >= 4 is 11.6 Å². The fraction of sp³-hybridized carbons (Fsp3) is 0.154. The van der Waals surface area contributed by atoms with Gasteiger partial charge in [0.05, 0.1) is 11.8 Å². The van der Waals surface area contributed by atoms with Gasteiger partial charge in [-0.15, -0.1) is 0 Å². The highest BCUT2D eigenvalue weighted by Gasteiger charge is 2.27. The maximum atomic E-state index is 13.4. The summed E-state index contributed by atoms with van der Waals surface area (Å²) in [5.74, 6) is -3.61. The number of aromatic nitrogens is 2. The zero-order chi connectivity index (χ0) is 15.4. The fourth-order valence-electron chi connectivity index (χ4n) is 1.71. The van der Waals surface area contributed by atoms with Crippen molar-refractivity contribution in [1.29, 1.82) is 5.26 Å². The average molecular weight is 294 g/mol. The van der Waals surface area contributed by atoms with E-state index in [4.69, 9.17) is 5.26 Å². The first-order valence-corrected chi connectivity index (χ1v) is 5.80. The number of nitrogens with zero attached hydrogens (tertiary/aromatic N) is 3. The number of hydrogen-bond acceptors (Lipinski definition) is 3. The number of alkyl halides is 2. The van der Waals surface area contributed by atoms with Crippen molar-refractivity contribution in [2.75, 3.05) is 5.32 Å². The minimum absolute atomic E-state index is 0.141. The Balaban J connectivity index is 2.26. The molecule has 1 aromatic carbocycles. The van der Waals surface area contributed by atoms with Gasteiger partial charge < -0.3 is 5.32 Å². The van der Waals surface area contributed by atoms with E-state index in [1.165, 1.54) is 18.2 Å². The molecular weight excluding hydrogens is 285 g/mol. The molecule has 0 spiro atoms. The van der Waals surface area contributed by atoms with Crippen LogP contribution >= 0.6 is 0 Å². The van der Waals surface area contributed by atoms with E-state index in [1.54, 1.807) is 6.07 Å². The molecule has 2 aromatic rings. The van der Waals surface area contributed by atoms with Crippen LogP contribution in [0.5, 0.6) is 0 Å². The van der Waals surface area contributed by atoms with Gasteiger partial charge in [0.15, 0.2) is 5.92 Å². The maximum absolute atomic E-state index is 13.4. The number of imidazole rings is 1. The summed E-state index contributed by atoms with van der Waals surface area (Å²) in [4.78, 5) is 15.6. The molecule has 8 heteroatoms. The van der Waals surface area contributed by atoms with Crippen LogP contribution in [0.2, 0.25) is 0 Å². The van der Waals surface area contributed by atoms with E-state index in [2.05, 4.69) is 10.3 Å². The lowest BCUT2D eigenvalue weighted by atomic mass is 10.1. The number of hydrogen-bond donors (Lipinski definition) is 1. The molecule has 0 radical (unpaired) electrons. The van der Waals surface area contributed by atoms with Gasteiger partial charge in [-0.2, -0.15) is 14.0 Å². The van der Waals surface area contributed by atoms with Crippen LogP contribution in [0.25, 0.3) is 0 Å². The summed E-state index contributed by atoms with van der Waals surface area (Å²) in [5, 5.41) is 11.2. The van der Waals surface area contributed by atoms with Crippen LogP contribution < -0.4 is 5.32 Å². The third kappa shape index (κ3) is 3.02. The van der Waals surface area contributed by atoms with Crippen LogP contribution in [0, 0.1) is 17.1 Å². The van der Waals surface area contributed by atoms with Crippen molar-refractivity contribution in [2.24, 2.45) is 0 Å². The number of benzene rings is 1. The van der Waals surface area contributed by atoms with Crippen molar-refractivity contribution in [3.63, 3.8) is 0 Å². The van der Waals surface area contributed by atoms with Gasteiger partial charge in [-0.25, -0.2) is 9.37 Å². The molecule has 5 nitrogen and oxygen atoms in total. The maximum Gasteiger partial charge on any atom is 0.319 e. The molecule has 0 aliphatic heterocycles. The van der Waals surface area contributed by atoms with E-state index in [0.717, 1.165) is 18.5 Å². The van der Waals surface area contributed by atoms with E-state index in [1.807, 2.05) is 0 Å². The first-order chi connectivity index (χ1) is 10.0. The predicted molar refractivity (Wildman–Crippen MR) is 66.9 cm³/mol.